The van der Waals surface area contributed by atoms with Crippen molar-refractivity contribution in [2.75, 3.05) is 23.8 Å². The number of anilines is 2. The number of nitrogens with one attached hydrogen (secondary N) is 4. The maximum Gasteiger partial charge on any atom is 0.336 e. The molecule has 1 heterocycles. The van der Waals surface area contributed by atoms with Crippen LogP contribution in [0.25, 0.3) is 43.1 Å². The highest BCUT2D eigenvalue weighted by Crippen LogP contribution is 2.47. The Balaban J connectivity index is 1.51. The van der Waals surface area contributed by atoms with Crippen molar-refractivity contribution in [3.05, 3.63) is 119 Å². The molecule has 0 bridgehead atoms. The number of ether oxygens (including phenoxy) is 2. The van der Waals surface area contributed by atoms with Crippen molar-refractivity contribution in [3.8, 4) is 11.5 Å². The van der Waals surface area contributed by atoms with E-state index in [0.29, 0.717) is 63.0 Å². The molecular weight excluding hydrogens is 660 g/mol. The molecule has 11 nitrogen and oxygen atoms in total. The number of aromatic carboxylic acids is 1. The summed E-state index contributed by atoms with van der Waals surface area (Å²) in [6, 6.07) is 26.4. The van der Waals surface area contributed by atoms with Gasteiger partial charge in [0.05, 0.1) is 35.5 Å². The summed E-state index contributed by atoms with van der Waals surface area (Å²) in [7, 11) is 0. The van der Waals surface area contributed by atoms with Crippen LogP contribution in [0.1, 0.15) is 60.8 Å². The zero-order valence-electron chi connectivity index (χ0n) is 28.0. The first-order valence-electron chi connectivity index (χ1n) is 16.6. The van der Waals surface area contributed by atoms with Crippen LogP contribution in [-0.4, -0.2) is 47.8 Å². The van der Waals surface area contributed by atoms with Gasteiger partial charge in [-0.2, -0.15) is 0 Å². The molecule has 0 radical (unpaired) electrons. The van der Waals surface area contributed by atoms with Crippen LogP contribution in [-0.2, 0) is 0 Å². The zero-order chi connectivity index (χ0) is 36.3. The van der Waals surface area contributed by atoms with Gasteiger partial charge < -0.3 is 25.2 Å². The Kier molecular flexibility index (Phi) is 7.68. The van der Waals surface area contributed by atoms with Crippen LogP contribution in [0, 0.1) is 5.41 Å². The fourth-order valence-corrected chi connectivity index (χ4v) is 7.29. The van der Waals surface area contributed by atoms with Gasteiger partial charge in [0.1, 0.15) is 17.3 Å². The third-order valence-corrected chi connectivity index (χ3v) is 9.29. The van der Waals surface area contributed by atoms with Gasteiger partial charge in [-0.3, -0.25) is 25.1 Å². The summed E-state index contributed by atoms with van der Waals surface area (Å²) in [5.74, 6) is -2.86. The Morgan fingerprint density at radius 2 is 1.25 bits per heavy atom. The minimum Gasteiger partial charge on any atom is -0.494 e. The molecule has 8 rings (SSSR count). The van der Waals surface area contributed by atoms with E-state index in [-0.39, 0.29) is 39.0 Å². The third kappa shape index (κ3) is 5.01. The highest BCUT2D eigenvalue weighted by atomic mass is 16.5. The van der Waals surface area contributed by atoms with Gasteiger partial charge in [-0.15, -0.1) is 0 Å². The summed E-state index contributed by atoms with van der Waals surface area (Å²) in [6.07, 6.45) is 0. The number of carboxylic acids is 1. The summed E-state index contributed by atoms with van der Waals surface area (Å²) in [5.41, 5.74) is 0.0406. The van der Waals surface area contributed by atoms with E-state index in [1.54, 1.807) is 48.5 Å². The van der Waals surface area contributed by atoms with Gasteiger partial charge in [-0.05, 0) is 101 Å². The van der Waals surface area contributed by atoms with Crippen molar-refractivity contribution in [1.29, 1.82) is 5.41 Å². The summed E-state index contributed by atoms with van der Waals surface area (Å²) >= 11 is 0. The Hall–Kier alpha value is -7.01. The zero-order valence-corrected chi connectivity index (χ0v) is 28.0. The highest BCUT2D eigenvalue weighted by molar-refractivity contribution is 6.45. The smallest absolute Gasteiger partial charge is 0.336 e. The number of imide groups is 1. The first kappa shape index (κ1) is 32.2. The lowest BCUT2D eigenvalue weighted by Crippen LogP contribution is -2.38. The molecule has 1 aliphatic rings. The first-order chi connectivity index (χ1) is 25.2. The van der Waals surface area contributed by atoms with Gasteiger partial charge in [-0.1, -0.05) is 36.4 Å². The molecule has 7 aromatic carbocycles. The second-order valence-corrected chi connectivity index (χ2v) is 12.3. The number of carbonyl (C=O) groups excluding carboxylic acids is 3. The van der Waals surface area contributed by atoms with E-state index in [1.165, 1.54) is 6.07 Å². The lowest BCUT2D eigenvalue weighted by atomic mass is 9.78. The van der Waals surface area contributed by atoms with Crippen LogP contribution in [0.15, 0.2) is 91.0 Å². The van der Waals surface area contributed by atoms with E-state index in [9.17, 15) is 29.7 Å². The van der Waals surface area contributed by atoms with Crippen molar-refractivity contribution in [1.82, 2.24) is 5.32 Å². The predicted molar refractivity (Wildman–Crippen MR) is 200 cm³/mol. The fourth-order valence-electron chi connectivity index (χ4n) is 7.29. The normalized spacial score (nSPS) is 12.3. The van der Waals surface area contributed by atoms with Crippen molar-refractivity contribution in [2.24, 2.45) is 0 Å². The summed E-state index contributed by atoms with van der Waals surface area (Å²) in [6.45, 7) is 4.66. The van der Waals surface area contributed by atoms with Crippen LogP contribution in [0.2, 0.25) is 0 Å². The number of carbonyl (C=O) groups is 4. The summed E-state index contributed by atoms with van der Waals surface area (Å²) in [5, 5.41) is 32.6. The Morgan fingerprint density at radius 1 is 0.673 bits per heavy atom. The molecule has 0 spiro atoms. The van der Waals surface area contributed by atoms with Gasteiger partial charge in [0, 0.05) is 27.7 Å². The first-order valence-corrected chi connectivity index (χ1v) is 16.6. The van der Waals surface area contributed by atoms with Gasteiger partial charge in [0.25, 0.3) is 17.7 Å². The molecule has 0 unspecified atom stereocenters. The minimum absolute atomic E-state index is 0.0413. The monoisotopic (exact) mass is 690 g/mol. The Labute approximate surface area is 296 Å². The van der Waals surface area contributed by atoms with Gasteiger partial charge in [0.2, 0.25) is 0 Å². The minimum atomic E-state index is -1.37. The SMILES string of the molecule is CCOc1ccc(NC(=N)c2c(C(=O)Nc3ccc(OCC)cc3)c3c4c(c(C(=O)O)cc5c6cccc7cccc(c2c45)c76)C(=O)NC3=O)cc1. The largest absolute Gasteiger partial charge is 0.494 e. The number of hydrogen-bond acceptors (Lipinski definition) is 7. The standard InChI is InChI=1S/C41H30N4O7/c1-3-51-23-15-11-21(12-16-23)43-37(42)34-30-26-10-6-8-20-7-5-9-25(29(20)26)27-19-28(41(49)50)32-33(31(27)30)35(40(48)45-38(32)46)36(34)39(47)44-22-13-17-24(18-14-22)52-4-2/h5-19H,3-4H2,1-2H3,(H2,42,43)(H,44,47)(H,49,50)(H,45,46,48). The molecule has 7 aromatic rings. The Morgan fingerprint density at radius 3 is 1.85 bits per heavy atom. The molecular formula is C41H30N4O7. The number of carboxylic acid groups (broad SMARTS) is 1. The third-order valence-electron chi connectivity index (χ3n) is 9.29. The number of benzene rings is 7. The molecule has 11 heteroatoms. The fraction of sp³-hybridized carbons (Fsp3) is 0.0976. The molecule has 3 amide bonds. The highest BCUT2D eigenvalue weighted by Gasteiger charge is 2.38. The molecule has 0 saturated heterocycles. The average Bonchev–Trinajstić information content (AvgIpc) is 3.13. The summed E-state index contributed by atoms with van der Waals surface area (Å²) < 4.78 is 11.1. The van der Waals surface area contributed by atoms with E-state index < -0.39 is 23.7 Å². The van der Waals surface area contributed by atoms with Gasteiger partial charge in [0.15, 0.2) is 0 Å². The number of rotatable bonds is 9. The molecule has 0 atom stereocenters. The number of hydrogen-bond donors (Lipinski definition) is 5. The quantitative estimate of drug-likeness (QED) is 0.0336. The van der Waals surface area contributed by atoms with E-state index in [0.717, 1.165) is 10.8 Å². The van der Waals surface area contributed by atoms with Crippen LogP contribution in [0.4, 0.5) is 11.4 Å². The van der Waals surface area contributed by atoms with E-state index >= 15 is 0 Å². The molecule has 0 fully saturated rings. The summed E-state index contributed by atoms with van der Waals surface area (Å²) in [4.78, 5) is 55.2. The van der Waals surface area contributed by atoms with Crippen LogP contribution < -0.4 is 25.4 Å². The number of amides is 3. The van der Waals surface area contributed by atoms with Crippen LogP contribution >= 0.6 is 0 Å². The average molecular weight is 691 g/mol. The Bertz CT molecular complexity index is 2660. The molecule has 1 aliphatic heterocycles. The van der Waals surface area contributed by atoms with Gasteiger partial charge >= 0.3 is 5.97 Å². The lowest BCUT2D eigenvalue weighted by Gasteiger charge is -2.27. The maximum atomic E-state index is 14.7. The van der Waals surface area contributed by atoms with Crippen molar-refractivity contribution >= 4 is 84.0 Å². The lowest BCUT2D eigenvalue weighted by molar-refractivity contribution is 0.0687. The number of fused-ring (bicyclic) bond motifs is 2. The molecule has 0 saturated carbocycles. The molecule has 0 aliphatic carbocycles. The maximum absolute atomic E-state index is 14.7. The van der Waals surface area contributed by atoms with E-state index in [1.807, 2.05) is 50.2 Å². The molecule has 52 heavy (non-hydrogen) atoms. The second kappa shape index (κ2) is 12.4. The van der Waals surface area contributed by atoms with Gasteiger partial charge in [-0.25, -0.2) is 4.79 Å². The van der Waals surface area contributed by atoms with Crippen molar-refractivity contribution < 1.29 is 33.8 Å². The molecule has 256 valence electrons. The number of amidine groups is 1. The second-order valence-electron chi connectivity index (χ2n) is 12.3. The van der Waals surface area contributed by atoms with Crippen LogP contribution in [0.5, 0.6) is 11.5 Å². The van der Waals surface area contributed by atoms with Crippen molar-refractivity contribution in [2.45, 2.75) is 13.8 Å². The van der Waals surface area contributed by atoms with E-state index in [2.05, 4.69) is 16.0 Å². The topological polar surface area (TPSA) is 167 Å². The predicted octanol–water partition coefficient (Wildman–Crippen LogP) is 7.81. The molecule has 5 N–H and O–H groups in total. The molecule has 0 aromatic heterocycles. The van der Waals surface area contributed by atoms with E-state index in [4.69, 9.17) is 9.47 Å². The van der Waals surface area contributed by atoms with Crippen LogP contribution in [0.3, 0.4) is 0 Å². The van der Waals surface area contributed by atoms with Crippen molar-refractivity contribution in [3.63, 3.8) is 0 Å².